The maximum Gasteiger partial charge on any atom is 0.323 e. The standard InChI is InChI=1S/C17H30N4O3/c18-20-10-6-14(7-11-20)21-9-2-1-4-15(21)17(23)24-13-12-19-8-3-5-16(19)22/h14-15H,1-13,18H2. The Balaban J connectivity index is 1.48. The van der Waals surface area contributed by atoms with E-state index in [-0.39, 0.29) is 17.9 Å². The molecule has 24 heavy (non-hydrogen) atoms. The minimum absolute atomic E-state index is 0.114. The highest BCUT2D eigenvalue weighted by Crippen LogP contribution is 2.25. The summed E-state index contributed by atoms with van der Waals surface area (Å²) in [4.78, 5) is 28.3. The van der Waals surface area contributed by atoms with E-state index in [1.165, 1.54) is 0 Å². The normalized spacial score (nSPS) is 27.6. The van der Waals surface area contributed by atoms with E-state index in [9.17, 15) is 9.59 Å². The predicted octanol–water partition coefficient (Wildman–Crippen LogP) is 0.345. The van der Waals surface area contributed by atoms with Crippen molar-refractivity contribution >= 4 is 11.9 Å². The van der Waals surface area contributed by atoms with Gasteiger partial charge >= 0.3 is 5.97 Å². The summed E-state index contributed by atoms with van der Waals surface area (Å²) >= 11 is 0. The number of hydrogen-bond donors (Lipinski definition) is 1. The fourth-order valence-electron chi connectivity index (χ4n) is 4.15. The Bertz CT molecular complexity index is 451. The van der Waals surface area contributed by atoms with Gasteiger partial charge in [-0.25, -0.2) is 5.01 Å². The molecular weight excluding hydrogens is 308 g/mol. The van der Waals surface area contributed by atoms with Crippen molar-refractivity contribution in [1.82, 2.24) is 14.8 Å². The number of amides is 1. The molecular formula is C17H30N4O3. The number of hydrazine groups is 1. The van der Waals surface area contributed by atoms with Crippen molar-refractivity contribution < 1.29 is 14.3 Å². The van der Waals surface area contributed by atoms with Crippen LogP contribution in [0, 0.1) is 0 Å². The first kappa shape index (κ1) is 17.6. The van der Waals surface area contributed by atoms with E-state index in [1.54, 1.807) is 4.90 Å². The molecule has 3 rings (SSSR count). The van der Waals surface area contributed by atoms with Crippen LogP contribution >= 0.6 is 0 Å². The van der Waals surface area contributed by atoms with Crippen LogP contribution in [-0.2, 0) is 14.3 Å². The number of nitrogens with zero attached hydrogens (tertiary/aromatic N) is 3. The van der Waals surface area contributed by atoms with Crippen molar-refractivity contribution in [2.45, 2.75) is 57.0 Å². The summed E-state index contributed by atoms with van der Waals surface area (Å²) in [6, 6.07) is 0.310. The number of rotatable bonds is 5. The Morgan fingerprint density at radius 3 is 2.58 bits per heavy atom. The zero-order chi connectivity index (χ0) is 16.9. The molecule has 1 unspecified atom stereocenters. The molecule has 1 amide bonds. The molecule has 136 valence electrons. The van der Waals surface area contributed by atoms with Gasteiger partial charge in [-0.1, -0.05) is 6.42 Å². The molecule has 3 aliphatic heterocycles. The predicted molar refractivity (Wildman–Crippen MR) is 89.9 cm³/mol. The lowest BCUT2D eigenvalue weighted by Crippen LogP contribution is -2.54. The number of carbonyl (C=O) groups is 2. The Kier molecular flexibility index (Phi) is 6.08. The molecule has 0 spiro atoms. The fourth-order valence-corrected chi connectivity index (χ4v) is 4.15. The maximum absolute atomic E-state index is 12.6. The molecule has 3 saturated heterocycles. The Hall–Kier alpha value is -1.18. The van der Waals surface area contributed by atoms with E-state index in [0.717, 1.165) is 64.7 Å². The average Bonchev–Trinajstić information content (AvgIpc) is 3.01. The molecule has 0 radical (unpaired) electrons. The number of nitrogens with two attached hydrogens (primary N) is 1. The molecule has 3 heterocycles. The average molecular weight is 338 g/mol. The first-order valence-corrected chi connectivity index (χ1v) is 9.35. The van der Waals surface area contributed by atoms with E-state index in [1.807, 2.05) is 5.01 Å². The molecule has 1 atom stereocenters. The second kappa shape index (κ2) is 8.27. The van der Waals surface area contributed by atoms with Crippen LogP contribution in [0.15, 0.2) is 0 Å². The van der Waals surface area contributed by atoms with Gasteiger partial charge in [-0.2, -0.15) is 0 Å². The number of esters is 1. The SMILES string of the molecule is NN1CCC(N2CCCCC2C(=O)OCCN2CCCC2=O)CC1. The Labute approximate surface area is 144 Å². The molecule has 0 saturated carbocycles. The van der Waals surface area contributed by atoms with Gasteiger partial charge in [0.1, 0.15) is 12.6 Å². The highest BCUT2D eigenvalue weighted by molar-refractivity contribution is 5.78. The van der Waals surface area contributed by atoms with Crippen LogP contribution in [0.25, 0.3) is 0 Å². The van der Waals surface area contributed by atoms with Crippen molar-refractivity contribution in [3.05, 3.63) is 0 Å². The summed E-state index contributed by atoms with van der Waals surface area (Å²) in [5.41, 5.74) is 0. The Morgan fingerprint density at radius 2 is 1.88 bits per heavy atom. The monoisotopic (exact) mass is 338 g/mol. The van der Waals surface area contributed by atoms with E-state index in [0.29, 0.717) is 25.6 Å². The van der Waals surface area contributed by atoms with Crippen LogP contribution in [0.1, 0.15) is 44.9 Å². The first-order valence-electron chi connectivity index (χ1n) is 9.35. The van der Waals surface area contributed by atoms with Crippen molar-refractivity contribution in [2.24, 2.45) is 5.84 Å². The zero-order valence-electron chi connectivity index (χ0n) is 14.5. The van der Waals surface area contributed by atoms with Gasteiger partial charge in [-0.3, -0.25) is 20.3 Å². The summed E-state index contributed by atoms with van der Waals surface area (Å²) in [7, 11) is 0. The van der Waals surface area contributed by atoms with Gasteiger partial charge in [0.25, 0.3) is 0 Å². The van der Waals surface area contributed by atoms with Crippen molar-refractivity contribution in [3.63, 3.8) is 0 Å². The maximum atomic E-state index is 12.6. The molecule has 3 aliphatic rings. The summed E-state index contributed by atoms with van der Waals surface area (Å²) in [6.45, 7) is 4.39. The summed E-state index contributed by atoms with van der Waals surface area (Å²) < 4.78 is 5.52. The molecule has 7 heteroatoms. The largest absolute Gasteiger partial charge is 0.463 e. The third kappa shape index (κ3) is 4.26. The lowest BCUT2D eigenvalue weighted by atomic mass is 9.95. The number of ether oxygens (including phenoxy) is 1. The third-order valence-corrected chi connectivity index (χ3v) is 5.56. The second-order valence-corrected chi connectivity index (χ2v) is 7.17. The van der Waals surface area contributed by atoms with Gasteiger partial charge in [0.15, 0.2) is 0 Å². The molecule has 2 N–H and O–H groups in total. The third-order valence-electron chi connectivity index (χ3n) is 5.56. The van der Waals surface area contributed by atoms with Gasteiger partial charge in [-0.05, 0) is 38.6 Å². The van der Waals surface area contributed by atoms with Crippen LogP contribution in [0.5, 0.6) is 0 Å². The summed E-state index contributed by atoms with van der Waals surface area (Å²) in [5, 5.41) is 1.86. The highest BCUT2D eigenvalue weighted by Gasteiger charge is 2.35. The van der Waals surface area contributed by atoms with Crippen LogP contribution in [-0.4, -0.2) is 78.1 Å². The van der Waals surface area contributed by atoms with Gasteiger partial charge in [0.2, 0.25) is 5.91 Å². The molecule has 0 aromatic rings. The van der Waals surface area contributed by atoms with Crippen LogP contribution < -0.4 is 5.84 Å². The minimum atomic E-state index is -0.123. The molecule has 3 fully saturated rings. The summed E-state index contributed by atoms with van der Waals surface area (Å²) in [5.74, 6) is 5.91. The number of likely N-dealkylation sites (tertiary alicyclic amines) is 2. The van der Waals surface area contributed by atoms with Gasteiger partial charge in [0, 0.05) is 32.1 Å². The van der Waals surface area contributed by atoms with E-state index in [4.69, 9.17) is 10.6 Å². The molecule has 0 aliphatic carbocycles. The second-order valence-electron chi connectivity index (χ2n) is 7.17. The van der Waals surface area contributed by atoms with E-state index in [2.05, 4.69) is 4.90 Å². The minimum Gasteiger partial charge on any atom is -0.463 e. The molecule has 0 aromatic carbocycles. The smallest absolute Gasteiger partial charge is 0.323 e. The number of hydrogen-bond acceptors (Lipinski definition) is 6. The molecule has 0 bridgehead atoms. The highest BCUT2D eigenvalue weighted by atomic mass is 16.5. The van der Waals surface area contributed by atoms with E-state index >= 15 is 0 Å². The topological polar surface area (TPSA) is 79.1 Å². The molecule has 7 nitrogen and oxygen atoms in total. The van der Waals surface area contributed by atoms with Crippen molar-refractivity contribution in [2.75, 3.05) is 39.3 Å². The van der Waals surface area contributed by atoms with E-state index < -0.39 is 0 Å². The quantitative estimate of drug-likeness (QED) is 0.575. The lowest BCUT2D eigenvalue weighted by Gasteiger charge is -2.42. The Morgan fingerprint density at radius 1 is 1.08 bits per heavy atom. The first-order chi connectivity index (χ1) is 11.6. The lowest BCUT2D eigenvalue weighted by molar-refractivity contribution is -0.154. The van der Waals surface area contributed by atoms with Gasteiger partial charge in [-0.15, -0.1) is 0 Å². The van der Waals surface area contributed by atoms with Crippen LogP contribution in [0.2, 0.25) is 0 Å². The zero-order valence-corrected chi connectivity index (χ0v) is 14.5. The van der Waals surface area contributed by atoms with Crippen molar-refractivity contribution in [3.8, 4) is 0 Å². The van der Waals surface area contributed by atoms with Gasteiger partial charge < -0.3 is 9.64 Å². The van der Waals surface area contributed by atoms with Crippen LogP contribution in [0.4, 0.5) is 0 Å². The summed E-state index contributed by atoms with van der Waals surface area (Å²) in [6.07, 6.45) is 6.69. The number of carbonyl (C=O) groups excluding carboxylic acids is 2. The fraction of sp³-hybridized carbons (Fsp3) is 0.882. The van der Waals surface area contributed by atoms with Crippen LogP contribution in [0.3, 0.4) is 0 Å². The van der Waals surface area contributed by atoms with Gasteiger partial charge in [0.05, 0.1) is 6.54 Å². The molecule has 0 aromatic heterocycles. The number of piperidine rings is 2. The van der Waals surface area contributed by atoms with Crippen molar-refractivity contribution in [1.29, 1.82) is 0 Å².